The average molecular weight is 282 g/mol. The Kier molecular flexibility index (Phi) is 6.70. The van der Waals surface area contributed by atoms with Crippen molar-refractivity contribution < 1.29 is 23.5 Å². The lowest BCUT2D eigenvalue weighted by Gasteiger charge is -2.14. The number of benzene rings is 1. The maximum atomic E-state index is 13.5. The molecule has 0 heterocycles. The predicted octanol–water partition coefficient (Wildman–Crippen LogP) is 2.50. The van der Waals surface area contributed by atoms with Crippen LogP contribution in [-0.2, 0) is 25.5 Å². The third-order valence-electron chi connectivity index (χ3n) is 2.80. The van der Waals surface area contributed by atoms with E-state index < -0.39 is 17.9 Å². The Labute approximate surface area is 117 Å². The third-order valence-corrected chi connectivity index (χ3v) is 2.80. The molecule has 0 amide bonds. The van der Waals surface area contributed by atoms with Crippen molar-refractivity contribution >= 4 is 11.9 Å². The number of carbonyl (C=O) groups is 2. The summed E-state index contributed by atoms with van der Waals surface area (Å²) in [5.74, 6) is -2.60. The number of hydrogen-bond donors (Lipinski definition) is 0. The first kappa shape index (κ1) is 16.1. The standard InChI is InChI=1S/C15H19FO4/c1-3-19-14(17)12(15(18)20-4-2)10-9-11-7-5-6-8-13(11)16/h5-8,12H,3-4,9-10H2,1-2H3. The second-order valence-corrected chi connectivity index (χ2v) is 4.19. The van der Waals surface area contributed by atoms with Crippen LogP contribution in [0.2, 0.25) is 0 Å². The summed E-state index contributed by atoms with van der Waals surface area (Å²) in [6.45, 7) is 3.71. The van der Waals surface area contributed by atoms with Crippen LogP contribution in [0.4, 0.5) is 4.39 Å². The maximum absolute atomic E-state index is 13.5. The van der Waals surface area contributed by atoms with E-state index in [1.165, 1.54) is 6.07 Å². The molecule has 0 unspecified atom stereocenters. The zero-order chi connectivity index (χ0) is 15.0. The Morgan fingerprint density at radius 3 is 2.15 bits per heavy atom. The van der Waals surface area contributed by atoms with Crippen LogP contribution in [0.15, 0.2) is 24.3 Å². The number of hydrogen-bond acceptors (Lipinski definition) is 4. The van der Waals surface area contributed by atoms with E-state index >= 15 is 0 Å². The molecule has 0 N–H and O–H groups in total. The van der Waals surface area contributed by atoms with E-state index in [1.54, 1.807) is 32.0 Å². The van der Waals surface area contributed by atoms with Crippen LogP contribution in [-0.4, -0.2) is 25.2 Å². The molecule has 0 saturated heterocycles. The lowest BCUT2D eigenvalue weighted by atomic mass is 9.99. The zero-order valence-electron chi connectivity index (χ0n) is 11.7. The number of aryl methyl sites for hydroxylation is 1. The predicted molar refractivity (Wildman–Crippen MR) is 71.5 cm³/mol. The van der Waals surface area contributed by atoms with Gasteiger partial charge in [-0.05, 0) is 38.3 Å². The monoisotopic (exact) mass is 282 g/mol. The van der Waals surface area contributed by atoms with Gasteiger partial charge in [0, 0.05) is 0 Å². The molecule has 0 aromatic heterocycles. The summed E-state index contributed by atoms with van der Waals surface area (Å²) in [7, 11) is 0. The third kappa shape index (κ3) is 4.64. The molecule has 0 fully saturated rings. The molecule has 110 valence electrons. The van der Waals surface area contributed by atoms with E-state index in [4.69, 9.17) is 9.47 Å². The van der Waals surface area contributed by atoms with Crippen LogP contribution >= 0.6 is 0 Å². The van der Waals surface area contributed by atoms with Gasteiger partial charge in [0.2, 0.25) is 0 Å². The minimum Gasteiger partial charge on any atom is -0.465 e. The smallest absolute Gasteiger partial charge is 0.320 e. The molecule has 1 aromatic carbocycles. The van der Waals surface area contributed by atoms with Gasteiger partial charge in [0.25, 0.3) is 0 Å². The number of esters is 2. The van der Waals surface area contributed by atoms with E-state index in [2.05, 4.69) is 0 Å². The number of carbonyl (C=O) groups excluding carboxylic acids is 2. The lowest BCUT2D eigenvalue weighted by molar-refractivity contribution is -0.161. The summed E-state index contributed by atoms with van der Waals surface area (Å²) in [5.41, 5.74) is 0.464. The Bertz CT molecular complexity index is 441. The lowest BCUT2D eigenvalue weighted by Crippen LogP contribution is -2.28. The molecule has 0 spiro atoms. The normalized spacial score (nSPS) is 10.4. The molecule has 0 aliphatic heterocycles. The second kappa shape index (κ2) is 8.30. The maximum Gasteiger partial charge on any atom is 0.320 e. The first-order valence-electron chi connectivity index (χ1n) is 6.66. The van der Waals surface area contributed by atoms with Gasteiger partial charge in [-0.3, -0.25) is 9.59 Å². The summed E-state index contributed by atoms with van der Waals surface area (Å²) in [5, 5.41) is 0. The first-order valence-corrected chi connectivity index (χ1v) is 6.66. The molecule has 0 aliphatic carbocycles. The largest absolute Gasteiger partial charge is 0.465 e. The van der Waals surface area contributed by atoms with Crippen LogP contribution in [0.3, 0.4) is 0 Å². The Morgan fingerprint density at radius 2 is 1.65 bits per heavy atom. The topological polar surface area (TPSA) is 52.6 Å². The molecule has 0 radical (unpaired) electrons. The van der Waals surface area contributed by atoms with Gasteiger partial charge in [0.15, 0.2) is 5.92 Å². The molecule has 4 nitrogen and oxygen atoms in total. The highest BCUT2D eigenvalue weighted by Gasteiger charge is 2.29. The average Bonchev–Trinajstić information content (AvgIpc) is 2.41. The van der Waals surface area contributed by atoms with Gasteiger partial charge in [-0.2, -0.15) is 0 Å². The Hall–Kier alpha value is -1.91. The summed E-state index contributed by atoms with van der Waals surface area (Å²) >= 11 is 0. The molecular weight excluding hydrogens is 263 g/mol. The van der Waals surface area contributed by atoms with Crippen LogP contribution in [0, 0.1) is 11.7 Å². The molecule has 0 aliphatic rings. The minimum absolute atomic E-state index is 0.165. The van der Waals surface area contributed by atoms with E-state index in [-0.39, 0.29) is 31.9 Å². The van der Waals surface area contributed by atoms with E-state index in [0.717, 1.165) is 0 Å². The SMILES string of the molecule is CCOC(=O)C(CCc1ccccc1F)C(=O)OCC. The van der Waals surface area contributed by atoms with Crippen LogP contribution in [0.1, 0.15) is 25.8 Å². The van der Waals surface area contributed by atoms with E-state index in [0.29, 0.717) is 5.56 Å². The van der Waals surface area contributed by atoms with Crippen molar-refractivity contribution in [3.8, 4) is 0 Å². The van der Waals surface area contributed by atoms with Gasteiger partial charge in [0.1, 0.15) is 5.82 Å². The molecular formula is C15H19FO4. The van der Waals surface area contributed by atoms with Crippen LogP contribution < -0.4 is 0 Å². The van der Waals surface area contributed by atoms with Crippen LogP contribution in [0.5, 0.6) is 0 Å². The first-order chi connectivity index (χ1) is 9.60. The zero-order valence-corrected chi connectivity index (χ0v) is 11.7. The van der Waals surface area contributed by atoms with Crippen LogP contribution in [0.25, 0.3) is 0 Å². The van der Waals surface area contributed by atoms with Crippen molar-refractivity contribution in [3.05, 3.63) is 35.6 Å². The van der Waals surface area contributed by atoms with Crippen molar-refractivity contribution in [3.63, 3.8) is 0 Å². The fourth-order valence-corrected chi connectivity index (χ4v) is 1.82. The van der Waals surface area contributed by atoms with Crippen molar-refractivity contribution in [2.24, 2.45) is 5.92 Å². The van der Waals surface area contributed by atoms with E-state index in [9.17, 15) is 14.0 Å². The fraction of sp³-hybridized carbons (Fsp3) is 0.467. The van der Waals surface area contributed by atoms with E-state index in [1.807, 2.05) is 0 Å². The highest BCUT2D eigenvalue weighted by molar-refractivity contribution is 5.94. The number of rotatable bonds is 7. The van der Waals surface area contributed by atoms with Crippen molar-refractivity contribution in [2.45, 2.75) is 26.7 Å². The minimum atomic E-state index is -1.01. The summed E-state index contributed by atoms with van der Waals surface area (Å²) in [6.07, 6.45) is 0.438. The highest BCUT2D eigenvalue weighted by atomic mass is 19.1. The molecule has 1 rings (SSSR count). The molecule has 0 bridgehead atoms. The highest BCUT2D eigenvalue weighted by Crippen LogP contribution is 2.16. The van der Waals surface area contributed by atoms with Gasteiger partial charge < -0.3 is 9.47 Å². The van der Waals surface area contributed by atoms with Crippen molar-refractivity contribution in [1.82, 2.24) is 0 Å². The number of halogens is 1. The summed E-state index contributed by atoms with van der Waals surface area (Å²) < 4.78 is 23.2. The molecule has 1 aromatic rings. The number of ether oxygens (including phenoxy) is 2. The summed E-state index contributed by atoms with van der Waals surface area (Å²) in [4.78, 5) is 23.5. The fourth-order valence-electron chi connectivity index (χ4n) is 1.82. The van der Waals surface area contributed by atoms with Gasteiger partial charge in [-0.15, -0.1) is 0 Å². The molecule has 20 heavy (non-hydrogen) atoms. The molecule has 5 heteroatoms. The molecule has 0 atom stereocenters. The van der Waals surface area contributed by atoms with Gasteiger partial charge in [0.05, 0.1) is 13.2 Å². The molecule has 0 saturated carbocycles. The Morgan fingerprint density at radius 1 is 1.10 bits per heavy atom. The van der Waals surface area contributed by atoms with Crippen molar-refractivity contribution in [2.75, 3.05) is 13.2 Å². The second-order valence-electron chi connectivity index (χ2n) is 4.19. The quantitative estimate of drug-likeness (QED) is 0.569. The summed E-state index contributed by atoms with van der Waals surface area (Å²) in [6, 6.07) is 6.27. The van der Waals surface area contributed by atoms with Gasteiger partial charge in [-0.25, -0.2) is 4.39 Å². The van der Waals surface area contributed by atoms with Crippen molar-refractivity contribution in [1.29, 1.82) is 0 Å². The van der Waals surface area contributed by atoms with Gasteiger partial charge >= 0.3 is 11.9 Å². The van der Waals surface area contributed by atoms with Gasteiger partial charge in [-0.1, -0.05) is 18.2 Å². The Balaban J connectivity index is 2.72.